The molecule has 0 heterocycles. The van der Waals surface area contributed by atoms with Gasteiger partial charge in [0, 0.05) is 6.04 Å². The van der Waals surface area contributed by atoms with Gasteiger partial charge in [-0.15, -0.1) is 0 Å². The zero-order valence-electron chi connectivity index (χ0n) is 11.5. The van der Waals surface area contributed by atoms with Crippen molar-refractivity contribution in [1.82, 2.24) is 5.32 Å². The van der Waals surface area contributed by atoms with Crippen LogP contribution in [0.5, 0.6) is 5.75 Å². The topological polar surface area (TPSA) is 38.3 Å². The molecule has 0 aliphatic heterocycles. The van der Waals surface area contributed by atoms with Crippen LogP contribution in [-0.2, 0) is 4.79 Å². The molecule has 0 aliphatic rings. The van der Waals surface area contributed by atoms with Gasteiger partial charge in [0.2, 0.25) is 0 Å². The minimum Gasteiger partial charge on any atom is -0.481 e. The van der Waals surface area contributed by atoms with Crippen molar-refractivity contribution in [3.8, 4) is 5.75 Å². The first-order valence-electron chi connectivity index (χ1n) is 6.69. The van der Waals surface area contributed by atoms with Crippen molar-refractivity contribution >= 4 is 5.91 Å². The summed E-state index contributed by atoms with van der Waals surface area (Å²) >= 11 is 0. The van der Waals surface area contributed by atoms with E-state index >= 15 is 0 Å². The first kappa shape index (κ1) is 14.6. The van der Waals surface area contributed by atoms with Gasteiger partial charge in [-0.2, -0.15) is 0 Å². The average molecular weight is 249 g/mol. The Morgan fingerprint density at radius 3 is 2.50 bits per heavy atom. The van der Waals surface area contributed by atoms with Crippen molar-refractivity contribution in [2.75, 3.05) is 0 Å². The van der Waals surface area contributed by atoms with E-state index in [1.54, 1.807) is 0 Å². The van der Waals surface area contributed by atoms with Gasteiger partial charge in [-0.25, -0.2) is 0 Å². The molecule has 0 fully saturated rings. The summed E-state index contributed by atoms with van der Waals surface area (Å²) in [4.78, 5) is 12.0. The number of nitrogens with one attached hydrogen (secondary N) is 1. The smallest absolute Gasteiger partial charge is 0.261 e. The molecule has 0 bridgehead atoms. The number of benzene rings is 1. The monoisotopic (exact) mass is 249 g/mol. The lowest BCUT2D eigenvalue weighted by molar-refractivity contribution is -0.128. The number of hydrogen-bond acceptors (Lipinski definition) is 2. The molecule has 1 rings (SSSR count). The van der Waals surface area contributed by atoms with E-state index in [2.05, 4.69) is 12.2 Å². The van der Waals surface area contributed by atoms with Crippen LogP contribution in [0.4, 0.5) is 0 Å². The second kappa shape index (κ2) is 7.75. The summed E-state index contributed by atoms with van der Waals surface area (Å²) in [5.41, 5.74) is 0. The summed E-state index contributed by atoms with van der Waals surface area (Å²) in [5.74, 6) is 0.713. The molecule has 0 aliphatic carbocycles. The SMILES string of the molecule is CCC[C@H](C)NC(=O)[C@@H](CC)Oc1ccccc1. The lowest BCUT2D eigenvalue weighted by Gasteiger charge is -2.20. The minimum absolute atomic E-state index is 0.0256. The molecule has 18 heavy (non-hydrogen) atoms. The fourth-order valence-corrected chi connectivity index (χ4v) is 1.83. The van der Waals surface area contributed by atoms with Crippen LogP contribution in [0.2, 0.25) is 0 Å². The highest BCUT2D eigenvalue weighted by atomic mass is 16.5. The van der Waals surface area contributed by atoms with E-state index in [0.717, 1.165) is 18.6 Å². The van der Waals surface area contributed by atoms with Crippen molar-refractivity contribution in [1.29, 1.82) is 0 Å². The number of carbonyl (C=O) groups is 1. The first-order chi connectivity index (χ1) is 8.67. The van der Waals surface area contributed by atoms with Crippen molar-refractivity contribution in [3.63, 3.8) is 0 Å². The third-order valence-electron chi connectivity index (χ3n) is 2.80. The van der Waals surface area contributed by atoms with Gasteiger partial charge < -0.3 is 10.1 Å². The number of carbonyl (C=O) groups excluding carboxylic acids is 1. The van der Waals surface area contributed by atoms with Crippen LogP contribution in [0, 0.1) is 0 Å². The molecule has 2 atom stereocenters. The molecule has 3 nitrogen and oxygen atoms in total. The molecule has 1 aromatic rings. The Labute approximate surface area is 110 Å². The molecular weight excluding hydrogens is 226 g/mol. The standard InChI is InChI=1S/C15H23NO2/c1-4-9-12(3)16-15(17)14(5-2)18-13-10-7-6-8-11-13/h6-8,10-12,14H,4-5,9H2,1-3H3,(H,16,17)/t12-,14+/m0/s1. The number of amides is 1. The number of ether oxygens (including phenoxy) is 1. The Balaban J connectivity index is 2.52. The highest BCUT2D eigenvalue weighted by molar-refractivity contribution is 5.81. The maximum absolute atomic E-state index is 12.0. The van der Waals surface area contributed by atoms with E-state index in [0.29, 0.717) is 6.42 Å². The zero-order valence-corrected chi connectivity index (χ0v) is 11.5. The summed E-state index contributed by atoms with van der Waals surface area (Å²) in [6.07, 6.45) is 2.32. The molecule has 0 saturated carbocycles. The van der Waals surface area contributed by atoms with Gasteiger partial charge in [0.1, 0.15) is 5.75 Å². The predicted molar refractivity (Wildman–Crippen MR) is 73.7 cm³/mol. The Morgan fingerprint density at radius 1 is 1.28 bits per heavy atom. The van der Waals surface area contributed by atoms with E-state index in [1.165, 1.54) is 0 Å². The molecule has 1 amide bonds. The molecule has 100 valence electrons. The van der Waals surface area contributed by atoms with Gasteiger partial charge in [-0.05, 0) is 31.9 Å². The molecule has 0 unspecified atom stereocenters. The third kappa shape index (κ3) is 4.78. The van der Waals surface area contributed by atoms with Crippen LogP contribution in [-0.4, -0.2) is 18.1 Å². The molecule has 1 N–H and O–H groups in total. The van der Waals surface area contributed by atoms with Crippen molar-refractivity contribution in [2.45, 2.75) is 52.2 Å². The Hall–Kier alpha value is -1.51. The van der Waals surface area contributed by atoms with Crippen LogP contribution in [0.1, 0.15) is 40.0 Å². The minimum atomic E-state index is -0.410. The van der Waals surface area contributed by atoms with Crippen LogP contribution >= 0.6 is 0 Å². The predicted octanol–water partition coefficient (Wildman–Crippen LogP) is 3.15. The van der Waals surface area contributed by atoms with Crippen molar-refractivity contribution in [3.05, 3.63) is 30.3 Å². The maximum atomic E-state index is 12.0. The van der Waals surface area contributed by atoms with Gasteiger partial charge in [0.05, 0.1) is 0 Å². The Kier molecular flexibility index (Phi) is 6.26. The number of para-hydroxylation sites is 1. The molecule has 3 heteroatoms. The molecule has 0 spiro atoms. The first-order valence-corrected chi connectivity index (χ1v) is 6.69. The van der Waals surface area contributed by atoms with E-state index in [1.807, 2.05) is 44.2 Å². The van der Waals surface area contributed by atoms with Crippen LogP contribution < -0.4 is 10.1 Å². The van der Waals surface area contributed by atoms with E-state index in [-0.39, 0.29) is 11.9 Å². The van der Waals surface area contributed by atoms with Gasteiger partial charge >= 0.3 is 0 Å². The van der Waals surface area contributed by atoms with Crippen LogP contribution in [0.15, 0.2) is 30.3 Å². The van der Waals surface area contributed by atoms with Gasteiger partial charge in [-0.3, -0.25) is 4.79 Å². The van der Waals surface area contributed by atoms with Crippen LogP contribution in [0.25, 0.3) is 0 Å². The lowest BCUT2D eigenvalue weighted by Crippen LogP contribution is -2.42. The fourth-order valence-electron chi connectivity index (χ4n) is 1.83. The largest absolute Gasteiger partial charge is 0.481 e. The highest BCUT2D eigenvalue weighted by Crippen LogP contribution is 2.12. The molecule has 1 aromatic carbocycles. The summed E-state index contributed by atoms with van der Waals surface area (Å²) < 4.78 is 5.69. The Morgan fingerprint density at radius 2 is 1.94 bits per heavy atom. The van der Waals surface area contributed by atoms with Crippen LogP contribution in [0.3, 0.4) is 0 Å². The second-order valence-electron chi connectivity index (χ2n) is 4.53. The average Bonchev–Trinajstić information content (AvgIpc) is 2.37. The molecule has 0 aromatic heterocycles. The van der Waals surface area contributed by atoms with Crippen molar-refractivity contribution < 1.29 is 9.53 Å². The van der Waals surface area contributed by atoms with Gasteiger partial charge in [-0.1, -0.05) is 38.5 Å². The van der Waals surface area contributed by atoms with E-state index < -0.39 is 6.10 Å². The summed E-state index contributed by atoms with van der Waals surface area (Å²) in [6, 6.07) is 9.67. The fraction of sp³-hybridized carbons (Fsp3) is 0.533. The quantitative estimate of drug-likeness (QED) is 0.806. The van der Waals surface area contributed by atoms with Crippen molar-refractivity contribution in [2.24, 2.45) is 0 Å². The van der Waals surface area contributed by atoms with E-state index in [4.69, 9.17) is 4.74 Å². The molecule has 0 saturated heterocycles. The van der Waals surface area contributed by atoms with Gasteiger partial charge in [0.25, 0.3) is 5.91 Å². The summed E-state index contributed by atoms with van der Waals surface area (Å²) in [6.45, 7) is 6.09. The Bertz CT molecular complexity index is 351. The summed E-state index contributed by atoms with van der Waals surface area (Å²) in [5, 5.41) is 2.99. The van der Waals surface area contributed by atoms with E-state index in [9.17, 15) is 4.79 Å². The lowest BCUT2D eigenvalue weighted by atomic mass is 10.1. The highest BCUT2D eigenvalue weighted by Gasteiger charge is 2.19. The number of rotatable bonds is 7. The molecule has 0 radical (unpaired) electrons. The zero-order chi connectivity index (χ0) is 13.4. The maximum Gasteiger partial charge on any atom is 0.261 e. The number of hydrogen-bond donors (Lipinski definition) is 1. The third-order valence-corrected chi connectivity index (χ3v) is 2.80. The molecular formula is C15H23NO2. The van der Waals surface area contributed by atoms with Gasteiger partial charge in [0.15, 0.2) is 6.10 Å². The second-order valence-corrected chi connectivity index (χ2v) is 4.53. The normalized spacial score (nSPS) is 13.7. The summed E-state index contributed by atoms with van der Waals surface area (Å²) in [7, 11) is 0.